The minimum Gasteiger partial charge on any atom is -0.508 e. The van der Waals surface area contributed by atoms with Crippen molar-refractivity contribution in [3.63, 3.8) is 0 Å². The first-order chi connectivity index (χ1) is 29.6. The van der Waals surface area contributed by atoms with Gasteiger partial charge in [0.05, 0.1) is 0 Å². The fourth-order valence-corrected chi connectivity index (χ4v) is 11.6. The summed E-state index contributed by atoms with van der Waals surface area (Å²) in [6.07, 6.45) is 16.7. The predicted octanol–water partition coefficient (Wildman–Crippen LogP) is 14.0. The number of allylic oxidation sites excluding steroid dienone is 9. The Morgan fingerprint density at radius 2 is 1.35 bits per heavy atom. The number of rotatable bonds is 4. The maximum atomic E-state index is 10.6. The Bertz CT molecular complexity index is 2860. The summed E-state index contributed by atoms with van der Waals surface area (Å²) in [5.74, 6) is 5.75. The first kappa shape index (κ1) is 35.4. The van der Waals surface area contributed by atoms with Crippen molar-refractivity contribution in [2.24, 2.45) is 17.8 Å². The molecular formula is C56H46O4. The zero-order valence-corrected chi connectivity index (χ0v) is 33.4. The number of hydrogen-bond donors (Lipinski definition) is 2. The van der Waals surface area contributed by atoms with Crippen molar-refractivity contribution in [3.8, 4) is 28.4 Å². The largest absolute Gasteiger partial charge is 0.508 e. The van der Waals surface area contributed by atoms with Gasteiger partial charge in [0.1, 0.15) is 34.5 Å². The molecule has 2 heterocycles. The highest BCUT2D eigenvalue weighted by molar-refractivity contribution is 5.92. The van der Waals surface area contributed by atoms with Gasteiger partial charge in [-0.1, -0.05) is 121 Å². The van der Waals surface area contributed by atoms with Crippen LogP contribution in [0.2, 0.25) is 0 Å². The van der Waals surface area contributed by atoms with Gasteiger partial charge in [0.25, 0.3) is 0 Å². The fraction of sp³-hybridized carbons (Fsp3) is 0.214. The maximum absolute atomic E-state index is 10.6. The molecule has 12 rings (SSSR count). The van der Waals surface area contributed by atoms with Crippen molar-refractivity contribution in [2.45, 2.75) is 56.3 Å². The van der Waals surface area contributed by atoms with E-state index in [1.807, 2.05) is 18.2 Å². The van der Waals surface area contributed by atoms with Gasteiger partial charge < -0.3 is 19.7 Å². The van der Waals surface area contributed by atoms with Crippen LogP contribution in [0, 0.1) is 17.8 Å². The van der Waals surface area contributed by atoms with Crippen LogP contribution in [-0.4, -0.2) is 10.2 Å². The van der Waals surface area contributed by atoms with Gasteiger partial charge in [-0.2, -0.15) is 0 Å². The summed E-state index contributed by atoms with van der Waals surface area (Å²) >= 11 is 0. The molecular weight excluding hydrogens is 737 g/mol. The molecule has 60 heavy (non-hydrogen) atoms. The zero-order valence-electron chi connectivity index (χ0n) is 33.4. The van der Waals surface area contributed by atoms with E-state index in [0.717, 1.165) is 72.3 Å². The molecule has 0 saturated heterocycles. The Labute approximate surface area is 351 Å². The number of hydrogen-bond acceptors (Lipinski definition) is 4. The lowest BCUT2D eigenvalue weighted by Gasteiger charge is -2.44. The number of fused-ring (bicyclic) bond motifs is 9. The fourth-order valence-electron chi connectivity index (χ4n) is 11.6. The van der Waals surface area contributed by atoms with Gasteiger partial charge in [-0.3, -0.25) is 0 Å². The highest BCUT2D eigenvalue weighted by atomic mass is 16.5. The summed E-state index contributed by atoms with van der Waals surface area (Å²) < 4.78 is 14.1. The Morgan fingerprint density at radius 3 is 2.17 bits per heavy atom. The molecule has 0 amide bonds. The van der Waals surface area contributed by atoms with Crippen LogP contribution in [-0.2, 0) is 11.2 Å². The van der Waals surface area contributed by atoms with E-state index in [2.05, 4.69) is 140 Å². The summed E-state index contributed by atoms with van der Waals surface area (Å²) in [5.41, 5.74) is 12.8. The van der Waals surface area contributed by atoms with Crippen LogP contribution in [0.15, 0.2) is 181 Å². The molecule has 4 aliphatic carbocycles. The monoisotopic (exact) mass is 782 g/mol. The number of benzene rings is 6. The zero-order chi connectivity index (χ0) is 39.9. The standard InChI is InChI=1S/C56H46O4/c57-41-21-23-43-39(31-41)19-27-47-53(43)51(37-15-11-35(12-16-37)33-7-3-1-4-8-33)55-45-25-30-50-56(46(45)26-29-49(55)59-47)52(38-17-13-36(14-18-38)34-9-5-2-6-10-34)54-44-24-22-42(58)32-40(44)20-28-48(54)60-50/h1-13,15-17,20-25,28,30-32,36,38-39,43,51-52,57-58H,14,18-19,26-27,29H2/t36-,38+,39?,43+,51?,52?/m1/s1. The van der Waals surface area contributed by atoms with Crippen molar-refractivity contribution < 1.29 is 19.7 Å². The highest BCUT2D eigenvalue weighted by Gasteiger charge is 2.45. The van der Waals surface area contributed by atoms with E-state index in [1.165, 1.54) is 55.7 Å². The predicted molar refractivity (Wildman–Crippen MR) is 239 cm³/mol. The van der Waals surface area contributed by atoms with E-state index in [1.54, 1.807) is 0 Å². The van der Waals surface area contributed by atoms with Crippen molar-refractivity contribution >= 4 is 16.3 Å². The Morgan fingerprint density at radius 1 is 0.567 bits per heavy atom. The first-order valence-electron chi connectivity index (χ1n) is 21.8. The SMILES string of the molecule is OC1=CC2CCC3=C(C(c4ccc(-c5ccccc5)cc4)C4=C(CCc5c4ccc4c5C([C@H]5C=C[C@@H](c6ccccc6)CC5)c5c(ccc6cc(O)ccc56)O4)O3)[C@H]2C=C1. The van der Waals surface area contributed by atoms with Crippen molar-refractivity contribution in [2.75, 3.05) is 0 Å². The summed E-state index contributed by atoms with van der Waals surface area (Å²) in [6.45, 7) is 0. The minimum absolute atomic E-state index is 0.00276. The molecule has 6 atom stereocenters. The second-order valence-electron chi connectivity index (χ2n) is 17.5. The van der Waals surface area contributed by atoms with Gasteiger partial charge in [-0.15, -0.1) is 0 Å². The van der Waals surface area contributed by atoms with Gasteiger partial charge in [0.15, 0.2) is 0 Å². The minimum atomic E-state index is -0.00276. The summed E-state index contributed by atoms with van der Waals surface area (Å²) in [4.78, 5) is 0. The molecule has 4 heteroatoms. The van der Waals surface area contributed by atoms with Gasteiger partial charge in [0, 0.05) is 53.2 Å². The van der Waals surface area contributed by atoms with Crippen molar-refractivity contribution in [1.82, 2.24) is 0 Å². The smallest absolute Gasteiger partial charge is 0.131 e. The third-order valence-corrected chi connectivity index (χ3v) is 14.3. The summed E-state index contributed by atoms with van der Waals surface area (Å²) in [5, 5.41) is 23.4. The Balaban J connectivity index is 1.03. The number of aliphatic hydroxyl groups is 1. The molecule has 0 saturated carbocycles. The van der Waals surface area contributed by atoms with E-state index >= 15 is 0 Å². The molecule has 6 aliphatic rings. The molecule has 2 aliphatic heterocycles. The van der Waals surface area contributed by atoms with Gasteiger partial charge in [-0.25, -0.2) is 0 Å². The lowest BCUT2D eigenvalue weighted by molar-refractivity contribution is 0.227. The van der Waals surface area contributed by atoms with Crippen molar-refractivity contribution in [3.05, 3.63) is 214 Å². The Hall–Kier alpha value is -6.52. The highest BCUT2D eigenvalue weighted by Crippen LogP contribution is 2.60. The van der Waals surface area contributed by atoms with Crippen LogP contribution in [0.5, 0.6) is 17.2 Å². The van der Waals surface area contributed by atoms with Crippen LogP contribution in [0.1, 0.15) is 83.2 Å². The average molecular weight is 783 g/mol. The van der Waals surface area contributed by atoms with E-state index in [0.29, 0.717) is 11.7 Å². The lowest BCUT2D eigenvalue weighted by Crippen LogP contribution is -2.31. The molecule has 0 radical (unpaired) electrons. The number of aliphatic hydroxyl groups excluding tert-OH is 1. The molecule has 3 unspecified atom stereocenters. The molecule has 0 aromatic heterocycles. The third-order valence-electron chi connectivity index (χ3n) is 14.3. The van der Waals surface area contributed by atoms with E-state index in [4.69, 9.17) is 9.47 Å². The molecule has 0 bridgehead atoms. The van der Waals surface area contributed by atoms with Gasteiger partial charge in [-0.05, 0) is 124 Å². The van der Waals surface area contributed by atoms with Crippen LogP contribution >= 0.6 is 0 Å². The third kappa shape index (κ3) is 5.72. The normalized spacial score (nSPS) is 24.8. The molecule has 294 valence electrons. The van der Waals surface area contributed by atoms with Crippen LogP contribution in [0.3, 0.4) is 0 Å². The second kappa shape index (κ2) is 14.1. The van der Waals surface area contributed by atoms with Crippen LogP contribution in [0.4, 0.5) is 0 Å². The second-order valence-corrected chi connectivity index (χ2v) is 17.5. The number of phenols is 1. The summed E-state index contributed by atoms with van der Waals surface area (Å²) in [7, 11) is 0. The van der Waals surface area contributed by atoms with Gasteiger partial charge in [0.2, 0.25) is 0 Å². The maximum Gasteiger partial charge on any atom is 0.131 e. The summed E-state index contributed by atoms with van der Waals surface area (Å²) in [6, 6.07) is 45.3. The molecule has 4 nitrogen and oxygen atoms in total. The van der Waals surface area contributed by atoms with Gasteiger partial charge >= 0.3 is 0 Å². The quantitative estimate of drug-likeness (QED) is 0.175. The average Bonchev–Trinajstić information content (AvgIpc) is 3.30. The van der Waals surface area contributed by atoms with E-state index < -0.39 is 0 Å². The van der Waals surface area contributed by atoms with E-state index in [9.17, 15) is 10.2 Å². The molecule has 2 N–H and O–H groups in total. The van der Waals surface area contributed by atoms with Crippen LogP contribution in [0.25, 0.3) is 27.5 Å². The topological polar surface area (TPSA) is 58.9 Å². The number of phenolic OH excluding ortho intramolecular Hbond substituents is 1. The lowest BCUT2D eigenvalue weighted by atomic mass is 9.63. The molecule has 0 spiro atoms. The molecule has 6 aromatic carbocycles. The number of aromatic hydroxyl groups is 1. The number of ether oxygens (including phenoxy) is 2. The molecule has 6 aromatic rings. The van der Waals surface area contributed by atoms with Crippen molar-refractivity contribution in [1.29, 1.82) is 0 Å². The van der Waals surface area contributed by atoms with E-state index in [-0.39, 0.29) is 35.3 Å². The first-order valence-corrected chi connectivity index (χ1v) is 21.8. The Kier molecular flexibility index (Phi) is 8.30. The molecule has 0 fully saturated rings. The van der Waals surface area contributed by atoms with Crippen LogP contribution < -0.4 is 4.74 Å².